The summed E-state index contributed by atoms with van der Waals surface area (Å²) in [5.41, 5.74) is 4.79. The fourth-order valence-electron chi connectivity index (χ4n) is 7.87. The Hall–Kier alpha value is -1.71. The largest absolute Gasteiger partial charge is 0.493 e. The van der Waals surface area contributed by atoms with E-state index in [-0.39, 0.29) is 5.54 Å². The van der Waals surface area contributed by atoms with Crippen LogP contribution >= 0.6 is 11.6 Å². The lowest BCUT2D eigenvalue weighted by atomic mass is 9.43. The Bertz CT molecular complexity index is 1000. The molecule has 2 unspecified atom stereocenters. The molecule has 4 atom stereocenters. The van der Waals surface area contributed by atoms with Gasteiger partial charge in [-0.2, -0.15) is 0 Å². The van der Waals surface area contributed by atoms with Gasteiger partial charge in [-0.1, -0.05) is 49.7 Å². The molecule has 0 heterocycles. The van der Waals surface area contributed by atoms with Crippen LogP contribution in [-0.4, -0.2) is 12.6 Å². The van der Waals surface area contributed by atoms with E-state index in [0.29, 0.717) is 34.0 Å². The molecule has 32 heavy (non-hydrogen) atoms. The zero-order valence-electron chi connectivity index (χ0n) is 19.9. The average Bonchev–Trinajstić information content (AvgIpc) is 2.69. The Morgan fingerprint density at radius 3 is 2.41 bits per heavy atom. The highest BCUT2D eigenvalue weighted by Gasteiger charge is 2.59. The summed E-state index contributed by atoms with van der Waals surface area (Å²) in [5, 5.41) is 4.61. The van der Waals surface area contributed by atoms with Gasteiger partial charge in [-0.3, -0.25) is 0 Å². The molecule has 6 rings (SSSR count). The van der Waals surface area contributed by atoms with Crippen molar-refractivity contribution in [3.8, 4) is 11.5 Å². The highest BCUT2D eigenvalue weighted by Crippen LogP contribution is 2.66. The molecular weight excluding hydrogens is 418 g/mol. The molecule has 4 aliphatic carbocycles. The van der Waals surface area contributed by atoms with Crippen LogP contribution in [0.15, 0.2) is 36.4 Å². The van der Waals surface area contributed by atoms with Crippen LogP contribution in [0.25, 0.3) is 0 Å². The van der Waals surface area contributed by atoms with Gasteiger partial charge in [-0.25, -0.2) is 0 Å². The van der Waals surface area contributed by atoms with Gasteiger partial charge in [0, 0.05) is 12.1 Å². The molecule has 0 amide bonds. The first-order chi connectivity index (χ1) is 15.2. The second-order valence-electron chi connectivity index (χ2n) is 11.6. The monoisotopic (exact) mass is 453 g/mol. The van der Waals surface area contributed by atoms with E-state index in [2.05, 4.69) is 44.3 Å². The zero-order valence-corrected chi connectivity index (χ0v) is 20.6. The third-order valence-corrected chi connectivity index (χ3v) is 8.50. The third kappa shape index (κ3) is 4.15. The van der Waals surface area contributed by atoms with Crippen LogP contribution in [0.2, 0.25) is 5.02 Å². The van der Waals surface area contributed by atoms with Crippen molar-refractivity contribution in [1.29, 1.82) is 0 Å². The topological polar surface area (TPSA) is 30.5 Å². The molecule has 0 radical (unpaired) electrons. The van der Waals surface area contributed by atoms with Crippen LogP contribution in [0.5, 0.6) is 11.5 Å². The molecule has 0 aliphatic heterocycles. The van der Waals surface area contributed by atoms with Crippen LogP contribution in [0.3, 0.4) is 0 Å². The van der Waals surface area contributed by atoms with Crippen molar-refractivity contribution in [3.05, 3.63) is 58.1 Å². The zero-order chi connectivity index (χ0) is 22.6. The van der Waals surface area contributed by atoms with Crippen molar-refractivity contribution >= 4 is 11.6 Å². The van der Waals surface area contributed by atoms with Gasteiger partial charge in [-0.15, -0.1) is 0 Å². The van der Waals surface area contributed by atoms with Crippen LogP contribution < -0.4 is 14.8 Å². The summed E-state index contributed by atoms with van der Waals surface area (Å²) in [6.07, 6.45) is 8.15. The van der Waals surface area contributed by atoms with Crippen molar-refractivity contribution in [2.75, 3.05) is 7.11 Å². The number of ether oxygens (including phenoxy) is 2. The quantitative estimate of drug-likeness (QED) is 0.486. The molecule has 172 valence electrons. The predicted octanol–water partition coefficient (Wildman–Crippen LogP) is 7.07. The molecule has 0 aromatic heterocycles. The lowest BCUT2D eigenvalue weighted by Crippen LogP contribution is -2.63. The first kappa shape index (κ1) is 22.1. The van der Waals surface area contributed by atoms with Gasteiger partial charge in [0.25, 0.3) is 0 Å². The van der Waals surface area contributed by atoms with Crippen molar-refractivity contribution in [1.82, 2.24) is 5.32 Å². The van der Waals surface area contributed by atoms with E-state index >= 15 is 0 Å². The minimum absolute atomic E-state index is 0.267. The summed E-state index contributed by atoms with van der Waals surface area (Å²) >= 11 is 6.69. The number of methoxy groups -OCH3 is 1. The molecule has 4 aliphatic rings. The molecule has 0 spiro atoms. The lowest BCUT2D eigenvalue weighted by Gasteiger charge is -2.65. The number of hydrogen-bond donors (Lipinski definition) is 1. The van der Waals surface area contributed by atoms with Crippen LogP contribution in [-0.2, 0) is 13.2 Å². The number of hydrogen-bond acceptors (Lipinski definition) is 3. The van der Waals surface area contributed by atoms with Gasteiger partial charge in [0.15, 0.2) is 11.5 Å². The SMILES string of the molecule is COc1cc(CNC23CC4C[C@@](C)(C2)C[C@](C)(C4)C3)cc(Cl)c1OCc1ccccc1C. The molecule has 4 saturated carbocycles. The molecule has 3 nitrogen and oxygen atoms in total. The first-order valence-electron chi connectivity index (χ1n) is 12.0. The van der Waals surface area contributed by atoms with Gasteiger partial charge >= 0.3 is 0 Å². The molecular formula is C28H36ClNO2. The third-order valence-electron chi connectivity index (χ3n) is 8.22. The van der Waals surface area contributed by atoms with E-state index in [1.807, 2.05) is 18.2 Å². The maximum absolute atomic E-state index is 6.69. The summed E-state index contributed by atoms with van der Waals surface area (Å²) in [6.45, 7) is 8.42. The van der Waals surface area contributed by atoms with E-state index in [9.17, 15) is 0 Å². The Kier molecular flexibility index (Phi) is 5.49. The molecule has 4 heteroatoms. The Labute approximate surface area is 197 Å². The summed E-state index contributed by atoms with van der Waals surface area (Å²) in [5.74, 6) is 2.20. The molecule has 2 aromatic rings. The number of nitrogens with one attached hydrogen (secondary N) is 1. The standard InChI is InChI=1S/C28H36ClNO2/c1-19-7-5-6-8-22(19)15-32-25-23(29)9-20(10-24(25)31-4)14-30-28-13-21-11-26(2,17-28)16-27(3,12-21)18-28/h5-10,21,30H,11-18H2,1-4H3/t21?,26-,27+,28?. The summed E-state index contributed by atoms with van der Waals surface area (Å²) in [4.78, 5) is 0. The highest BCUT2D eigenvalue weighted by molar-refractivity contribution is 6.32. The van der Waals surface area contributed by atoms with Crippen molar-refractivity contribution in [2.45, 2.75) is 78.0 Å². The maximum atomic E-state index is 6.69. The molecule has 2 aromatic carbocycles. The van der Waals surface area contributed by atoms with Gasteiger partial charge in [-0.05, 0) is 91.0 Å². The lowest BCUT2D eigenvalue weighted by molar-refractivity contribution is -0.118. The minimum Gasteiger partial charge on any atom is -0.493 e. The van der Waals surface area contributed by atoms with E-state index in [1.54, 1.807) is 7.11 Å². The number of aryl methyl sites for hydroxylation is 1. The average molecular weight is 454 g/mol. The summed E-state index contributed by atoms with van der Waals surface area (Å²) in [7, 11) is 1.68. The summed E-state index contributed by atoms with van der Waals surface area (Å²) < 4.78 is 11.8. The van der Waals surface area contributed by atoms with E-state index in [1.165, 1.54) is 44.1 Å². The van der Waals surface area contributed by atoms with Crippen LogP contribution in [0.1, 0.15) is 69.1 Å². The van der Waals surface area contributed by atoms with Crippen LogP contribution in [0, 0.1) is 23.7 Å². The molecule has 0 saturated heterocycles. The summed E-state index contributed by atoms with van der Waals surface area (Å²) in [6, 6.07) is 12.4. The van der Waals surface area contributed by atoms with E-state index in [0.717, 1.165) is 23.6 Å². The Morgan fingerprint density at radius 1 is 1.03 bits per heavy atom. The maximum Gasteiger partial charge on any atom is 0.180 e. The van der Waals surface area contributed by atoms with Crippen molar-refractivity contribution in [2.24, 2.45) is 16.7 Å². The van der Waals surface area contributed by atoms with Gasteiger partial charge < -0.3 is 14.8 Å². The van der Waals surface area contributed by atoms with Crippen molar-refractivity contribution < 1.29 is 9.47 Å². The molecule has 1 N–H and O–H groups in total. The van der Waals surface area contributed by atoms with Crippen LogP contribution in [0.4, 0.5) is 0 Å². The highest BCUT2D eigenvalue weighted by atomic mass is 35.5. The second kappa shape index (κ2) is 7.95. The first-order valence-corrected chi connectivity index (χ1v) is 12.4. The minimum atomic E-state index is 0.267. The molecule has 4 bridgehead atoms. The molecule has 4 fully saturated rings. The Morgan fingerprint density at radius 2 is 1.75 bits per heavy atom. The Balaban J connectivity index is 1.31. The van der Waals surface area contributed by atoms with Gasteiger partial charge in [0.2, 0.25) is 0 Å². The fraction of sp³-hybridized carbons (Fsp3) is 0.571. The van der Waals surface area contributed by atoms with E-state index < -0.39 is 0 Å². The van der Waals surface area contributed by atoms with E-state index in [4.69, 9.17) is 21.1 Å². The smallest absolute Gasteiger partial charge is 0.180 e. The predicted molar refractivity (Wildman–Crippen MR) is 130 cm³/mol. The number of rotatable bonds is 7. The second-order valence-corrected chi connectivity index (χ2v) is 12.0. The normalized spacial score (nSPS) is 32.8. The van der Waals surface area contributed by atoms with Gasteiger partial charge in [0.1, 0.15) is 6.61 Å². The fourth-order valence-corrected chi connectivity index (χ4v) is 8.16. The van der Waals surface area contributed by atoms with Gasteiger partial charge in [0.05, 0.1) is 12.1 Å². The van der Waals surface area contributed by atoms with Crippen molar-refractivity contribution in [3.63, 3.8) is 0 Å². The number of benzene rings is 2. The number of halogens is 1.